The standard InChI is InChI=1S/C11H8Cl2O2/c1-6-10(5-11(14)15-6)7-2-8(12)4-9(13)3-7/h2-6H,1H3. The van der Waals surface area contributed by atoms with Crippen LogP contribution in [-0.2, 0) is 9.53 Å². The molecule has 78 valence electrons. The molecular formula is C11H8Cl2O2. The lowest BCUT2D eigenvalue weighted by atomic mass is 10.0. The van der Waals surface area contributed by atoms with Crippen LogP contribution in [0.2, 0.25) is 10.0 Å². The molecule has 0 amide bonds. The van der Waals surface area contributed by atoms with Gasteiger partial charge in [0.2, 0.25) is 0 Å². The molecule has 0 aromatic heterocycles. The zero-order valence-electron chi connectivity index (χ0n) is 7.96. The highest BCUT2D eigenvalue weighted by Crippen LogP contribution is 2.30. The Bertz CT molecular complexity index is 432. The molecule has 2 rings (SSSR count). The summed E-state index contributed by atoms with van der Waals surface area (Å²) in [4.78, 5) is 11.0. The minimum Gasteiger partial charge on any atom is -0.455 e. The van der Waals surface area contributed by atoms with Gasteiger partial charge in [-0.25, -0.2) is 4.79 Å². The number of esters is 1. The number of hydrogen-bond acceptors (Lipinski definition) is 2. The minimum atomic E-state index is -0.325. The molecule has 0 radical (unpaired) electrons. The van der Waals surface area contributed by atoms with Gasteiger partial charge in [0.25, 0.3) is 0 Å². The smallest absolute Gasteiger partial charge is 0.331 e. The lowest BCUT2D eigenvalue weighted by Crippen LogP contribution is -2.05. The molecule has 1 atom stereocenters. The fraction of sp³-hybridized carbons (Fsp3) is 0.182. The highest BCUT2D eigenvalue weighted by Gasteiger charge is 2.23. The normalized spacial score (nSPS) is 20.1. The second kappa shape index (κ2) is 3.87. The van der Waals surface area contributed by atoms with Gasteiger partial charge in [-0.3, -0.25) is 0 Å². The molecule has 15 heavy (non-hydrogen) atoms. The highest BCUT2D eigenvalue weighted by atomic mass is 35.5. The first kappa shape index (κ1) is 10.5. The first-order chi connectivity index (χ1) is 7.06. The van der Waals surface area contributed by atoms with Crippen molar-refractivity contribution in [2.75, 3.05) is 0 Å². The molecule has 0 aliphatic carbocycles. The topological polar surface area (TPSA) is 26.3 Å². The molecule has 0 saturated carbocycles. The van der Waals surface area contributed by atoms with Gasteiger partial charge in [-0.15, -0.1) is 0 Å². The van der Waals surface area contributed by atoms with Gasteiger partial charge in [-0.1, -0.05) is 23.2 Å². The van der Waals surface area contributed by atoms with Gasteiger partial charge in [-0.2, -0.15) is 0 Å². The van der Waals surface area contributed by atoms with Gasteiger partial charge < -0.3 is 4.74 Å². The van der Waals surface area contributed by atoms with Crippen molar-refractivity contribution in [3.05, 3.63) is 39.9 Å². The van der Waals surface area contributed by atoms with Crippen LogP contribution < -0.4 is 0 Å². The van der Waals surface area contributed by atoms with E-state index < -0.39 is 0 Å². The zero-order valence-corrected chi connectivity index (χ0v) is 9.47. The maximum atomic E-state index is 11.0. The van der Waals surface area contributed by atoms with Crippen LogP contribution in [0.25, 0.3) is 5.57 Å². The van der Waals surface area contributed by atoms with Gasteiger partial charge in [0.1, 0.15) is 6.10 Å². The highest BCUT2D eigenvalue weighted by molar-refractivity contribution is 6.34. The van der Waals surface area contributed by atoms with E-state index in [9.17, 15) is 4.79 Å². The third kappa shape index (κ3) is 2.16. The number of rotatable bonds is 1. The number of hydrogen-bond donors (Lipinski definition) is 0. The number of carbonyl (C=O) groups is 1. The summed E-state index contributed by atoms with van der Waals surface area (Å²) < 4.78 is 4.99. The molecule has 1 unspecified atom stereocenters. The van der Waals surface area contributed by atoms with Crippen molar-refractivity contribution >= 4 is 34.7 Å². The summed E-state index contributed by atoms with van der Waals surface area (Å²) in [6.45, 7) is 1.81. The predicted molar refractivity (Wildman–Crippen MR) is 60.0 cm³/mol. The Balaban J connectivity index is 2.46. The Morgan fingerprint density at radius 2 is 1.80 bits per heavy atom. The van der Waals surface area contributed by atoms with E-state index in [0.717, 1.165) is 11.1 Å². The quantitative estimate of drug-likeness (QED) is 0.707. The Hall–Kier alpha value is -0.990. The van der Waals surface area contributed by atoms with E-state index in [1.807, 2.05) is 6.92 Å². The van der Waals surface area contributed by atoms with Crippen LogP contribution in [0.5, 0.6) is 0 Å². The molecule has 1 aromatic rings. The monoisotopic (exact) mass is 242 g/mol. The van der Waals surface area contributed by atoms with Crippen LogP contribution >= 0.6 is 23.2 Å². The summed E-state index contributed by atoms with van der Waals surface area (Å²) in [5.74, 6) is -0.325. The lowest BCUT2D eigenvalue weighted by Gasteiger charge is -2.09. The van der Waals surface area contributed by atoms with E-state index in [1.54, 1.807) is 18.2 Å². The van der Waals surface area contributed by atoms with E-state index in [-0.39, 0.29) is 12.1 Å². The molecule has 0 bridgehead atoms. The molecular weight excluding hydrogens is 235 g/mol. The number of halogens is 2. The molecule has 0 spiro atoms. The Kier molecular flexibility index (Phi) is 2.72. The zero-order chi connectivity index (χ0) is 11.0. The largest absolute Gasteiger partial charge is 0.455 e. The van der Waals surface area contributed by atoms with Gasteiger partial charge in [0.05, 0.1) is 0 Å². The second-order valence-corrected chi connectivity index (χ2v) is 4.21. The van der Waals surface area contributed by atoms with Gasteiger partial charge >= 0.3 is 5.97 Å². The maximum Gasteiger partial charge on any atom is 0.331 e. The molecule has 4 heteroatoms. The maximum absolute atomic E-state index is 11.0. The van der Waals surface area contributed by atoms with Crippen molar-refractivity contribution < 1.29 is 9.53 Å². The average molecular weight is 243 g/mol. The van der Waals surface area contributed by atoms with E-state index in [2.05, 4.69) is 0 Å². The number of carbonyl (C=O) groups excluding carboxylic acids is 1. The lowest BCUT2D eigenvalue weighted by molar-refractivity contribution is -0.137. The molecule has 1 aliphatic rings. The first-order valence-corrected chi connectivity index (χ1v) is 5.20. The van der Waals surface area contributed by atoms with Crippen molar-refractivity contribution in [1.29, 1.82) is 0 Å². The van der Waals surface area contributed by atoms with Crippen molar-refractivity contribution in [3.63, 3.8) is 0 Å². The van der Waals surface area contributed by atoms with Crippen LogP contribution in [-0.4, -0.2) is 12.1 Å². The van der Waals surface area contributed by atoms with Gasteiger partial charge in [-0.05, 0) is 30.7 Å². The molecule has 1 aromatic carbocycles. The third-order valence-corrected chi connectivity index (χ3v) is 2.64. The molecule has 1 heterocycles. The van der Waals surface area contributed by atoms with Gasteiger partial charge in [0, 0.05) is 21.7 Å². The van der Waals surface area contributed by atoms with Crippen molar-refractivity contribution in [3.8, 4) is 0 Å². The summed E-state index contributed by atoms with van der Waals surface area (Å²) in [5, 5.41) is 1.09. The second-order valence-electron chi connectivity index (χ2n) is 3.34. The first-order valence-electron chi connectivity index (χ1n) is 4.45. The average Bonchev–Trinajstić information content (AvgIpc) is 2.43. The van der Waals surface area contributed by atoms with Crippen LogP contribution in [0.15, 0.2) is 24.3 Å². The molecule has 0 N–H and O–H groups in total. The van der Waals surface area contributed by atoms with E-state index in [0.29, 0.717) is 10.0 Å². The van der Waals surface area contributed by atoms with Gasteiger partial charge in [0.15, 0.2) is 0 Å². The Morgan fingerprint density at radius 3 is 2.27 bits per heavy atom. The fourth-order valence-corrected chi connectivity index (χ4v) is 2.08. The van der Waals surface area contributed by atoms with E-state index in [1.165, 1.54) is 6.08 Å². The predicted octanol–water partition coefficient (Wildman–Crippen LogP) is 3.32. The molecule has 1 aliphatic heterocycles. The van der Waals surface area contributed by atoms with Crippen molar-refractivity contribution in [2.24, 2.45) is 0 Å². The van der Waals surface area contributed by atoms with Crippen LogP contribution in [0.1, 0.15) is 12.5 Å². The number of cyclic esters (lactones) is 1. The molecule has 0 fully saturated rings. The summed E-state index contributed by atoms with van der Waals surface area (Å²) in [5.41, 5.74) is 1.63. The third-order valence-electron chi connectivity index (χ3n) is 2.20. The summed E-state index contributed by atoms with van der Waals surface area (Å²) in [6, 6.07) is 5.17. The summed E-state index contributed by atoms with van der Waals surface area (Å²) in [7, 11) is 0. The Morgan fingerprint density at radius 1 is 1.20 bits per heavy atom. The van der Waals surface area contributed by atoms with Crippen LogP contribution in [0.3, 0.4) is 0 Å². The fourth-order valence-electron chi connectivity index (χ4n) is 1.55. The Labute approximate surface area is 97.4 Å². The van der Waals surface area contributed by atoms with E-state index in [4.69, 9.17) is 27.9 Å². The summed E-state index contributed by atoms with van der Waals surface area (Å²) in [6.07, 6.45) is 1.22. The summed E-state index contributed by atoms with van der Waals surface area (Å²) >= 11 is 11.8. The SMILES string of the molecule is CC1OC(=O)C=C1c1cc(Cl)cc(Cl)c1. The van der Waals surface area contributed by atoms with Crippen molar-refractivity contribution in [1.82, 2.24) is 0 Å². The molecule has 0 saturated heterocycles. The minimum absolute atomic E-state index is 0.243. The van der Waals surface area contributed by atoms with Crippen molar-refractivity contribution in [2.45, 2.75) is 13.0 Å². The number of ether oxygens (including phenoxy) is 1. The number of benzene rings is 1. The van der Waals surface area contributed by atoms with Crippen LogP contribution in [0, 0.1) is 0 Å². The van der Waals surface area contributed by atoms with Crippen LogP contribution in [0.4, 0.5) is 0 Å². The molecule has 2 nitrogen and oxygen atoms in total. The van der Waals surface area contributed by atoms with E-state index >= 15 is 0 Å².